The van der Waals surface area contributed by atoms with Gasteiger partial charge in [0.1, 0.15) is 11.1 Å². The molecule has 4 aromatic rings. The number of ether oxygens (including phenoxy) is 2. The van der Waals surface area contributed by atoms with Crippen LogP contribution < -0.4 is 10.2 Å². The monoisotopic (exact) mass is 419 g/mol. The summed E-state index contributed by atoms with van der Waals surface area (Å²) in [4.78, 5) is 25.3. The number of esters is 1. The Morgan fingerprint density at radius 2 is 1.84 bits per heavy atom. The Morgan fingerprint density at radius 3 is 2.58 bits per heavy atom. The minimum absolute atomic E-state index is 0.0506. The summed E-state index contributed by atoms with van der Waals surface area (Å²) >= 11 is 0. The lowest BCUT2D eigenvalue weighted by Gasteiger charge is -2.24. The second kappa shape index (κ2) is 7.05. The van der Waals surface area contributed by atoms with Crippen molar-refractivity contribution in [3.05, 3.63) is 88.2 Å². The van der Waals surface area contributed by atoms with Crippen molar-refractivity contribution in [2.24, 2.45) is 0 Å². The molecule has 0 amide bonds. The van der Waals surface area contributed by atoms with Crippen molar-refractivity contribution < 1.29 is 23.0 Å². The first-order chi connectivity index (χ1) is 15.0. The molecule has 7 heteroatoms. The second-order valence-electron chi connectivity index (χ2n) is 7.01. The van der Waals surface area contributed by atoms with E-state index >= 15 is 0 Å². The molecule has 0 aliphatic carbocycles. The first kappa shape index (κ1) is 19.0. The van der Waals surface area contributed by atoms with Crippen molar-refractivity contribution in [2.75, 3.05) is 6.61 Å². The molecule has 0 saturated carbocycles. The molecular formula is C24H15F2NO4. The predicted octanol–water partition coefficient (Wildman–Crippen LogP) is 5.22. The lowest BCUT2D eigenvalue weighted by Crippen LogP contribution is -2.22. The Morgan fingerprint density at radius 1 is 1.06 bits per heavy atom. The van der Waals surface area contributed by atoms with Crippen molar-refractivity contribution in [3.63, 3.8) is 0 Å². The molecule has 5 rings (SSSR count). The van der Waals surface area contributed by atoms with Crippen molar-refractivity contribution in [1.29, 1.82) is 0 Å². The molecule has 1 aliphatic rings. The zero-order chi connectivity index (χ0) is 21.7. The Kier molecular flexibility index (Phi) is 4.32. The summed E-state index contributed by atoms with van der Waals surface area (Å²) in [7, 11) is 0. The molecule has 0 bridgehead atoms. The molecule has 0 atom stereocenters. The van der Waals surface area contributed by atoms with Crippen LogP contribution in [0.3, 0.4) is 0 Å². The number of rotatable bonds is 3. The van der Waals surface area contributed by atoms with Crippen LogP contribution in [0.15, 0.2) is 65.6 Å². The van der Waals surface area contributed by atoms with Crippen molar-refractivity contribution in [1.82, 2.24) is 4.57 Å². The molecule has 0 radical (unpaired) electrons. The average Bonchev–Trinajstić information content (AvgIpc) is 2.79. The van der Waals surface area contributed by atoms with Gasteiger partial charge in [-0.15, -0.1) is 0 Å². The van der Waals surface area contributed by atoms with E-state index in [4.69, 9.17) is 9.47 Å². The SMILES string of the molecule is CCOC(=O)c1cn2c3c(c(F)c(F)cc3c1=O)Oc1ccc(-c3ccccc3)cc1-2. The van der Waals surface area contributed by atoms with Gasteiger partial charge in [0.05, 0.1) is 17.7 Å². The van der Waals surface area contributed by atoms with Gasteiger partial charge in [-0.2, -0.15) is 4.39 Å². The molecule has 0 spiro atoms. The molecule has 3 aromatic carbocycles. The van der Waals surface area contributed by atoms with Gasteiger partial charge in [0.2, 0.25) is 11.2 Å². The molecule has 0 fully saturated rings. The maximum absolute atomic E-state index is 14.6. The van der Waals surface area contributed by atoms with E-state index in [0.29, 0.717) is 5.69 Å². The lowest BCUT2D eigenvalue weighted by atomic mass is 10.0. The highest BCUT2D eigenvalue weighted by molar-refractivity contribution is 5.97. The Labute approximate surface area is 175 Å². The summed E-state index contributed by atoms with van der Waals surface area (Å²) in [5.74, 6) is -3.42. The molecule has 1 aliphatic heterocycles. The number of carbonyl (C=O) groups excluding carboxylic acids is 1. The maximum atomic E-state index is 14.6. The zero-order valence-corrected chi connectivity index (χ0v) is 16.3. The third kappa shape index (κ3) is 2.89. The fourth-order valence-electron chi connectivity index (χ4n) is 3.75. The van der Waals surface area contributed by atoms with Crippen LogP contribution in [0.1, 0.15) is 17.3 Å². The highest BCUT2D eigenvalue weighted by Gasteiger charge is 2.29. The van der Waals surface area contributed by atoms with Crippen LogP contribution in [0.25, 0.3) is 27.7 Å². The van der Waals surface area contributed by atoms with Crippen molar-refractivity contribution in [2.45, 2.75) is 6.92 Å². The lowest BCUT2D eigenvalue weighted by molar-refractivity contribution is 0.0524. The number of benzene rings is 3. The first-order valence-corrected chi connectivity index (χ1v) is 9.61. The van der Waals surface area contributed by atoms with Gasteiger partial charge in [0, 0.05) is 6.20 Å². The van der Waals surface area contributed by atoms with Gasteiger partial charge in [-0.3, -0.25) is 4.79 Å². The normalized spacial score (nSPS) is 11.7. The quantitative estimate of drug-likeness (QED) is 0.376. The smallest absolute Gasteiger partial charge is 0.343 e. The summed E-state index contributed by atoms with van der Waals surface area (Å²) in [5.41, 5.74) is 1.29. The summed E-state index contributed by atoms with van der Waals surface area (Å²) < 4.78 is 41.0. The minimum atomic E-state index is -1.24. The zero-order valence-electron chi connectivity index (χ0n) is 16.3. The van der Waals surface area contributed by atoms with Crippen LogP contribution in [0.2, 0.25) is 0 Å². The largest absolute Gasteiger partial charge is 0.462 e. The Balaban J connectivity index is 1.85. The number of nitrogens with zero attached hydrogens (tertiary/aromatic N) is 1. The molecule has 2 heterocycles. The number of carbonyl (C=O) groups is 1. The van der Waals surface area contributed by atoms with E-state index in [1.165, 1.54) is 10.8 Å². The highest BCUT2D eigenvalue weighted by Crippen LogP contribution is 2.43. The van der Waals surface area contributed by atoms with E-state index in [-0.39, 0.29) is 28.8 Å². The Hall–Kier alpha value is -4.00. The first-order valence-electron chi connectivity index (χ1n) is 9.61. The van der Waals surface area contributed by atoms with Gasteiger partial charge >= 0.3 is 5.97 Å². The minimum Gasteiger partial charge on any atom is -0.462 e. The molecule has 154 valence electrons. The standard InChI is InChI=1S/C24H15F2NO4/c1-2-30-24(29)16-12-27-18-10-14(13-6-4-3-5-7-13)8-9-19(18)31-23-20(26)17(25)11-15(21(23)27)22(16)28/h3-12H,2H2,1H3. The number of hydrogen-bond acceptors (Lipinski definition) is 4. The van der Waals surface area contributed by atoms with Crippen LogP contribution >= 0.6 is 0 Å². The van der Waals surface area contributed by atoms with E-state index in [0.717, 1.165) is 17.2 Å². The van der Waals surface area contributed by atoms with Gasteiger partial charge < -0.3 is 14.0 Å². The van der Waals surface area contributed by atoms with E-state index < -0.39 is 28.8 Å². The number of fused-ring (bicyclic) bond motifs is 2. The Bertz CT molecular complexity index is 1430. The fraction of sp³-hybridized carbons (Fsp3) is 0.0833. The average molecular weight is 419 g/mol. The molecule has 0 saturated heterocycles. The van der Waals surface area contributed by atoms with Crippen LogP contribution in [-0.2, 0) is 4.74 Å². The molecule has 0 N–H and O–H groups in total. The highest BCUT2D eigenvalue weighted by atomic mass is 19.2. The van der Waals surface area contributed by atoms with Gasteiger partial charge in [0.15, 0.2) is 17.3 Å². The number of hydrogen-bond donors (Lipinski definition) is 0. The summed E-state index contributed by atoms with van der Waals surface area (Å²) in [6.45, 7) is 1.68. The van der Waals surface area contributed by atoms with Crippen molar-refractivity contribution in [3.8, 4) is 28.3 Å². The van der Waals surface area contributed by atoms with E-state index in [1.807, 2.05) is 30.3 Å². The predicted molar refractivity (Wildman–Crippen MR) is 111 cm³/mol. The van der Waals surface area contributed by atoms with Crippen molar-refractivity contribution >= 4 is 16.9 Å². The third-order valence-corrected chi connectivity index (χ3v) is 5.17. The van der Waals surface area contributed by atoms with Gasteiger partial charge in [-0.25, -0.2) is 9.18 Å². The number of halogens is 2. The second-order valence-corrected chi connectivity index (χ2v) is 7.01. The third-order valence-electron chi connectivity index (χ3n) is 5.17. The van der Waals surface area contributed by atoms with E-state index in [1.54, 1.807) is 25.1 Å². The molecular weight excluding hydrogens is 404 g/mol. The summed E-state index contributed by atoms with van der Waals surface area (Å²) in [5, 5.41) is -0.171. The molecule has 5 nitrogen and oxygen atoms in total. The van der Waals surface area contributed by atoms with E-state index in [9.17, 15) is 18.4 Å². The number of pyridine rings is 1. The molecule has 0 unspecified atom stereocenters. The summed E-state index contributed by atoms with van der Waals surface area (Å²) in [6.07, 6.45) is 1.29. The number of aromatic nitrogens is 1. The van der Waals surface area contributed by atoms with Crippen LogP contribution in [0.4, 0.5) is 8.78 Å². The molecule has 1 aromatic heterocycles. The summed E-state index contributed by atoms with van der Waals surface area (Å²) in [6, 6.07) is 15.6. The maximum Gasteiger partial charge on any atom is 0.343 e. The van der Waals surface area contributed by atoms with Crippen LogP contribution in [-0.4, -0.2) is 17.1 Å². The van der Waals surface area contributed by atoms with Crippen LogP contribution in [0, 0.1) is 11.6 Å². The van der Waals surface area contributed by atoms with Crippen LogP contribution in [0.5, 0.6) is 11.5 Å². The van der Waals surface area contributed by atoms with Gasteiger partial charge in [-0.1, -0.05) is 36.4 Å². The van der Waals surface area contributed by atoms with Gasteiger partial charge in [0.25, 0.3) is 0 Å². The van der Waals surface area contributed by atoms with Gasteiger partial charge in [-0.05, 0) is 36.2 Å². The molecule has 31 heavy (non-hydrogen) atoms. The fourth-order valence-corrected chi connectivity index (χ4v) is 3.75. The van der Waals surface area contributed by atoms with E-state index in [2.05, 4.69) is 0 Å². The topological polar surface area (TPSA) is 57.5 Å².